The van der Waals surface area contributed by atoms with Gasteiger partial charge in [0, 0.05) is 0 Å². The average molecular weight is 645 g/mol. The van der Waals surface area contributed by atoms with Crippen molar-refractivity contribution in [3.05, 3.63) is 167 Å². The van der Waals surface area contributed by atoms with Gasteiger partial charge in [0.15, 0.2) is 0 Å². The maximum atomic E-state index is 15.4. The molecule has 0 spiro atoms. The molecular formula is C38H33N2O6P. The molecule has 1 fully saturated rings. The fraction of sp³-hybridized carbons (Fsp3) is 0.132. The molecule has 236 valence electrons. The minimum atomic E-state index is -4.50. The van der Waals surface area contributed by atoms with Crippen LogP contribution in [0.5, 0.6) is 0 Å². The summed E-state index contributed by atoms with van der Waals surface area (Å²) in [5.74, 6) is -0.259. The molecule has 1 saturated heterocycles. The molecule has 1 aliphatic rings. The van der Waals surface area contributed by atoms with Gasteiger partial charge in [-0.15, -0.1) is 0 Å². The SMILES string of the molecule is O=C(CC1CC(=O)N1CP(C(=O)OCc1ccccc1[N+](=O)[O-])(c1ccccc1)(c1ccccc1)c1ccccc1)c1ccccc1. The van der Waals surface area contributed by atoms with Gasteiger partial charge in [-0.05, 0) is 0 Å². The predicted molar refractivity (Wildman–Crippen MR) is 184 cm³/mol. The first-order chi connectivity index (χ1) is 22.8. The summed E-state index contributed by atoms with van der Waals surface area (Å²) in [7, 11) is 0. The number of ketones is 1. The normalized spacial score (nSPS) is 15.1. The Labute approximate surface area is 272 Å². The van der Waals surface area contributed by atoms with E-state index in [1.807, 2.05) is 97.1 Å². The molecule has 0 aliphatic carbocycles. The van der Waals surface area contributed by atoms with Crippen LogP contribution >= 0.6 is 6.60 Å². The number of hydrogen-bond acceptors (Lipinski definition) is 6. The van der Waals surface area contributed by atoms with Gasteiger partial charge in [0.05, 0.1) is 0 Å². The summed E-state index contributed by atoms with van der Waals surface area (Å²) in [4.78, 5) is 55.4. The molecule has 0 aromatic heterocycles. The Morgan fingerprint density at radius 3 is 1.68 bits per heavy atom. The second-order valence-corrected chi connectivity index (χ2v) is 16.4. The van der Waals surface area contributed by atoms with E-state index in [2.05, 4.69) is 0 Å². The minimum absolute atomic E-state index is 0.0368. The molecule has 1 atom stereocenters. The van der Waals surface area contributed by atoms with Crippen LogP contribution in [0, 0.1) is 10.1 Å². The number of nitro benzene ring substituents is 1. The monoisotopic (exact) mass is 644 g/mol. The Kier molecular flexibility index (Phi) is 8.79. The van der Waals surface area contributed by atoms with E-state index in [1.165, 1.54) is 6.07 Å². The first-order valence-corrected chi connectivity index (χ1v) is 17.7. The second kappa shape index (κ2) is 13.1. The zero-order valence-corrected chi connectivity index (χ0v) is 26.4. The molecule has 8 nitrogen and oxygen atoms in total. The van der Waals surface area contributed by atoms with Crippen LogP contribution in [-0.4, -0.2) is 39.6 Å². The molecule has 5 aromatic rings. The van der Waals surface area contributed by atoms with Crippen molar-refractivity contribution < 1.29 is 24.0 Å². The molecule has 0 radical (unpaired) electrons. The fourth-order valence-electron chi connectivity index (χ4n) is 6.59. The van der Waals surface area contributed by atoms with Crippen LogP contribution in [0.2, 0.25) is 0 Å². The Hall–Kier alpha value is -5.46. The van der Waals surface area contributed by atoms with Gasteiger partial charge in [0.25, 0.3) is 0 Å². The Bertz CT molecular complexity index is 1820. The number of β-lactam (4-membered cyclic amide) rings is 1. The van der Waals surface area contributed by atoms with E-state index in [1.54, 1.807) is 47.4 Å². The first-order valence-electron chi connectivity index (χ1n) is 15.3. The number of rotatable bonds is 12. The van der Waals surface area contributed by atoms with E-state index >= 15 is 4.79 Å². The van der Waals surface area contributed by atoms with Crippen LogP contribution in [-0.2, 0) is 16.1 Å². The number of para-hydroxylation sites is 1. The van der Waals surface area contributed by atoms with E-state index in [-0.39, 0.29) is 48.7 Å². The molecule has 9 heteroatoms. The van der Waals surface area contributed by atoms with Gasteiger partial charge in [-0.25, -0.2) is 0 Å². The van der Waals surface area contributed by atoms with Crippen LogP contribution in [0.4, 0.5) is 10.5 Å². The van der Waals surface area contributed by atoms with Crippen molar-refractivity contribution in [1.29, 1.82) is 0 Å². The van der Waals surface area contributed by atoms with E-state index in [0.717, 1.165) is 0 Å². The van der Waals surface area contributed by atoms with E-state index in [0.29, 0.717) is 21.5 Å². The van der Waals surface area contributed by atoms with Crippen molar-refractivity contribution in [3.63, 3.8) is 0 Å². The standard InChI is InChI=1S/C38H33N2O6P/c41-36(29-15-5-1-6-16-29)25-31-26-37(42)39(31)28-47(32-18-7-2-8-19-32,33-20-9-3-10-21-33,34-22-11-4-12-23-34)38(43)46-27-30-17-13-14-24-35(30)40(44)45/h1-24,31H,25-28H2. The number of Topliss-reactive ketones (excluding diaryl/α,β-unsaturated/α-hetero) is 1. The van der Waals surface area contributed by atoms with Gasteiger partial charge in [0.2, 0.25) is 0 Å². The number of nitro groups is 1. The van der Waals surface area contributed by atoms with Crippen LogP contribution in [0.25, 0.3) is 0 Å². The van der Waals surface area contributed by atoms with Crippen LogP contribution in [0.3, 0.4) is 0 Å². The molecule has 0 N–H and O–H groups in total. The summed E-state index contributed by atoms with van der Waals surface area (Å²) in [6.07, 6.45) is 0.242. The Morgan fingerprint density at radius 1 is 0.723 bits per heavy atom. The number of nitrogens with zero attached hydrogens (tertiary/aromatic N) is 2. The van der Waals surface area contributed by atoms with Gasteiger partial charge in [-0.2, -0.15) is 0 Å². The summed E-state index contributed by atoms with van der Waals surface area (Å²) in [6, 6.07) is 42.7. The molecule has 6 rings (SSSR count). The first kappa shape index (κ1) is 31.5. The third-order valence-electron chi connectivity index (χ3n) is 9.04. The Balaban J connectivity index is 1.55. The molecule has 1 aliphatic heterocycles. The number of benzene rings is 5. The zero-order chi connectivity index (χ0) is 32.9. The average Bonchev–Trinajstić information content (AvgIpc) is 3.12. The van der Waals surface area contributed by atoms with Gasteiger partial charge in [-0.1, -0.05) is 0 Å². The number of amides is 1. The van der Waals surface area contributed by atoms with Crippen LogP contribution in [0.15, 0.2) is 146 Å². The molecule has 47 heavy (non-hydrogen) atoms. The second-order valence-electron chi connectivity index (χ2n) is 11.6. The van der Waals surface area contributed by atoms with Crippen molar-refractivity contribution in [1.82, 2.24) is 4.90 Å². The van der Waals surface area contributed by atoms with E-state index < -0.39 is 23.3 Å². The molecule has 1 amide bonds. The third kappa shape index (κ3) is 5.51. The summed E-state index contributed by atoms with van der Waals surface area (Å²) in [5.41, 5.74) is 0.0769. The zero-order valence-electron chi connectivity index (χ0n) is 25.6. The number of hydrogen-bond donors (Lipinski definition) is 0. The third-order valence-corrected chi connectivity index (χ3v) is 15.2. The Morgan fingerprint density at radius 2 is 1.19 bits per heavy atom. The number of ether oxygens (including phenoxy) is 1. The van der Waals surface area contributed by atoms with Gasteiger partial charge >= 0.3 is 273 Å². The van der Waals surface area contributed by atoms with Crippen molar-refractivity contribution >= 4 is 45.6 Å². The van der Waals surface area contributed by atoms with Gasteiger partial charge < -0.3 is 0 Å². The molecule has 1 unspecified atom stereocenters. The predicted octanol–water partition coefficient (Wildman–Crippen LogP) is 6.59. The van der Waals surface area contributed by atoms with E-state index in [9.17, 15) is 19.7 Å². The summed E-state index contributed by atoms with van der Waals surface area (Å²) >= 11 is 0. The summed E-state index contributed by atoms with van der Waals surface area (Å²) < 4.78 is 6.25. The molecule has 0 bridgehead atoms. The van der Waals surface area contributed by atoms with Crippen molar-refractivity contribution in [3.8, 4) is 0 Å². The summed E-state index contributed by atoms with van der Waals surface area (Å²) in [5, 5.41) is 13.9. The molecular weight excluding hydrogens is 611 g/mol. The maximum absolute atomic E-state index is 15.4. The fourth-order valence-corrected chi connectivity index (χ4v) is 12.6. The van der Waals surface area contributed by atoms with Gasteiger partial charge in [0.1, 0.15) is 0 Å². The molecule has 0 saturated carbocycles. The topological polar surface area (TPSA) is 107 Å². The quantitative estimate of drug-likeness (QED) is 0.0499. The number of carbonyl (C=O) groups is 3. The van der Waals surface area contributed by atoms with Crippen molar-refractivity contribution in [2.75, 3.05) is 6.29 Å². The van der Waals surface area contributed by atoms with Crippen molar-refractivity contribution in [2.24, 2.45) is 0 Å². The van der Waals surface area contributed by atoms with Gasteiger partial charge in [-0.3, -0.25) is 0 Å². The van der Waals surface area contributed by atoms with E-state index in [4.69, 9.17) is 4.74 Å². The molecule has 1 heterocycles. The van der Waals surface area contributed by atoms with Crippen LogP contribution in [0.1, 0.15) is 28.8 Å². The molecule has 5 aromatic carbocycles. The number of carbonyl (C=O) groups excluding carboxylic acids is 3. The van der Waals surface area contributed by atoms with Crippen molar-refractivity contribution in [2.45, 2.75) is 25.5 Å². The number of likely N-dealkylation sites (tertiary alicyclic amines) is 1. The summed E-state index contributed by atoms with van der Waals surface area (Å²) in [6.45, 7) is -4.84. The van der Waals surface area contributed by atoms with Crippen LogP contribution < -0.4 is 15.9 Å².